The van der Waals surface area contributed by atoms with Crippen molar-refractivity contribution in [3.63, 3.8) is 0 Å². The molecule has 0 spiro atoms. The molecular weight excluding hydrogens is 402 g/mol. The highest BCUT2D eigenvalue weighted by Crippen LogP contribution is 2.25. The molecule has 1 amide bonds. The van der Waals surface area contributed by atoms with Crippen molar-refractivity contribution in [2.24, 2.45) is 0 Å². The molecule has 8 nitrogen and oxygen atoms in total. The lowest BCUT2D eigenvalue weighted by molar-refractivity contribution is -0.117. The topological polar surface area (TPSA) is 101 Å². The second-order valence-electron chi connectivity index (χ2n) is 7.03. The fourth-order valence-corrected chi connectivity index (χ4v) is 3.22. The summed E-state index contributed by atoms with van der Waals surface area (Å²) in [6, 6.07) is 15.4. The number of rotatable bonds is 8. The predicted octanol–water partition coefficient (Wildman–Crippen LogP) is 3.24. The van der Waals surface area contributed by atoms with Gasteiger partial charge in [0.15, 0.2) is 0 Å². The average Bonchev–Trinajstić information content (AvgIpc) is 3.51. The SMILES string of the molecule is N#C/C(=C\c1cn(-c2ccccc2)nc1-c1ccncc1)C(=O)NCCCn1ccnc1. The van der Waals surface area contributed by atoms with Crippen LogP contribution in [0.2, 0.25) is 0 Å². The average molecular weight is 423 g/mol. The van der Waals surface area contributed by atoms with Crippen LogP contribution in [0.4, 0.5) is 0 Å². The lowest BCUT2D eigenvalue weighted by atomic mass is 10.1. The third-order valence-electron chi connectivity index (χ3n) is 4.82. The van der Waals surface area contributed by atoms with Gasteiger partial charge in [-0.25, -0.2) is 9.67 Å². The zero-order valence-electron chi connectivity index (χ0n) is 17.3. The van der Waals surface area contributed by atoms with E-state index in [0.29, 0.717) is 17.8 Å². The molecule has 1 aromatic carbocycles. The molecule has 158 valence electrons. The molecule has 0 fully saturated rings. The smallest absolute Gasteiger partial charge is 0.261 e. The third-order valence-corrected chi connectivity index (χ3v) is 4.82. The molecule has 0 aliphatic heterocycles. The fraction of sp³-hybridized carbons (Fsp3) is 0.125. The van der Waals surface area contributed by atoms with Crippen molar-refractivity contribution in [1.82, 2.24) is 29.6 Å². The van der Waals surface area contributed by atoms with Crippen LogP contribution in [0.5, 0.6) is 0 Å². The molecule has 0 radical (unpaired) electrons. The molecule has 0 saturated carbocycles. The largest absolute Gasteiger partial charge is 0.351 e. The molecule has 0 aliphatic carbocycles. The summed E-state index contributed by atoms with van der Waals surface area (Å²) in [6.07, 6.45) is 12.8. The Kier molecular flexibility index (Phi) is 6.48. The van der Waals surface area contributed by atoms with Gasteiger partial charge in [-0.15, -0.1) is 0 Å². The Balaban J connectivity index is 1.56. The van der Waals surface area contributed by atoms with Crippen molar-refractivity contribution in [3.8, 4) is 23.0 Å². The molecule has 0 atom stereocenters. The van der Waals surface area contributed by atoms with E-state index in [0.717, 1.165) is 24.2 Å². The number of aryl methyl sites for hydroxylation is 1. The van der Waals surface area contributed by atoms with Gasteiger partial charge in [0, 0.05) is 55.2 Å². The number of carbonyl (C=O) groups is 1. The van der Waals surface area contributed by atoms with Gasteiger partial charge in [0.05, 0.1) is 12.0 Å². The van der Waals surface area contributed by atoms with Crippen molar-refractivity contribution in [1.29, 1.82) is 5.26 Å². The molecule has 4 rings (SSSR count). The Labute approximate surface area is 185 Å². The number of hydrogen-bond donors (Lipinski definition) is 1. The van der Waals surface area contributed by atoms with Gasteiger partial charge in [0.1, 0.15) is 17.3 Å². The molecule has 3 aromatic heterocycles. The van der Waals surface area contributed by atoms with E-state index < -0.39 is 5.91 Å². The van der Waals surface area contributed by atoms with E-state index in [2.05, 4.69) is 15.3 Å². The van der Waals surface area contributed by atoms with Crippen molar-refractivity contribution >= 4 is 12.0 Å². The molecule has 0 saturated heterocycles. The molecule has 0 bridgehead atoms. The van der Waals surface area contributed by atoms with Crippen LogP contribution in [0.25, 0.3) is 23.0 Å². The lowest BCUT2D eigenvalue weighted by Gasteiger charge is -2.05. The van der Waals surface area contributed by atoms with E-state index in [4.69, 9.17) is 5.10 Å². The summed E-state index contributed by atoms with van der Waals surface area (Å²) in [5.41, 5.74) is 3.08. The Morgan fingerprint density at radius 3 is 2.62 bits per heavy atom. The summed E-state index contributed by atoms with van der Waals surface area (Å²) in [4.78, 5) is 20.7. The van der Waals surface area contributed by atoms with Gasteiger partial charge in [-0.1, -0.05) is 18.2 Å². The number of hydrogen-bond acceptors (Lipinski definition) is 5. The molecule has 4 aromatic rings. The first kappa shape index (κ1) is 20.8. The minimum atomic E-state index is -0.411. The first-order chi connectivity index (χ1) is 15.7. The molecule has 32 heavy (non-hydrogen) atoms. The van der Waals surface area contributed by atoms with Crippen LogP contribution in [0.1, 0.15) is 12.0 Å². The van der Waals surface area contributed by atoms with E-state index in [1.54, 1.807) is 35.7 Å². The number of nitriles is 1. The Morgan fingerprint density at radius 1 is 1.09 bits per heavy atom. The van der Waals surface area contributed by atoms with Crippen LogP contribution in [0, 0.1) is 11.3 Å². The second kappa shape index (κ2) is 10.00. The first-order valence-corrected chi connectivity index (χ1v) is 10.2. The summed E-state index contributed by atoms with van der Waals surface area (Å²) in [5.74, 6) is -0.411. The Morgan fingerprint density at radius 2 is 1.91 bits per heavy atom. The van der Waals surface area contributed by atoms with Gasteiger partial charge < -0.3 is 9.88 Å². The van der Waals surface area contributed by atoms with Crippen LogP contribution in [0.3, 0.4) is 0 Å². The Bertz CT molecular complexity index is 1240. The summed E-state index contributed by atoms with van der Waals surface area (Å²) < 4.78 is 3.67. The predicted molar refractivity (Wildman–Crippen MR) is 120 cm³/mol. The van der Waals surface area contributed by atoms with Crippen LogP contribution in [-0.2, 0) is 11.3 Å². The number of para-hydroxylation sites is 1. The lowest BCUT2D eigenvalue weighted by Crippen LogP contribution is -2.26. The molecule has 8 heteroatoms. The number of nitrogens with zero attached hydrogens (tertiary/aromatic N) is 6. The van der Waals surface area contributed by atoms with Crippen LogP contribution in [0.15, 0.2) is 85.3 Å². The second-order valence-corrected chi connectivity index (χ2v) is 7.03. The van der Waals surface area contributed by atoms with Gasteiger partial charge in [0.2, 0.25) is 0 Å². The van der Waals surface area contributed by atoms with Gasteiger partial charge in [-0.2, -0.15) is 10.4 Å². The highest BCUT2D eigenvalue weighted by molar-refractivity contribution is 6.02. The van der Waals surface area contributed by atoms with E-state index in [-0.39, 0.29) is 5.57 Å². The molecule has 1 N–H and O–H groups in total. The zero-order valence-corrected chi connectivity index (χ0v) is 17.3. The van der Waals surface area contributed by atoms with E-state index >= 15 is 0 Å². The van der Waals surface area contributed by atoms with Crippen molar-refractivity contribution in [2.75, 3.05) is 6.54 Å². The number of imidazole rings is 1. The minimum Gasteiger partial charge on any atom is -0.351 e. The van der Waals surface area contributed by atoms with Crippen molar-refractivity contribution < 1.29 is 4.79 Å². The summed E-state index contributed by atoms with van der Waals surface area (Å²) >= 11 is 0. The molecular formula is C24H21N7O. The molecule has 3 heterocycles. The van der Waals surface area contributed by atoms with Gasteiger partial charge in [-0.05, 0) is 36.8 Å². The van der Waals surface area contributed by atoms with Gasteiger partial charge in [-0.3, -0.25) is 9.78 Å². The summed E-state index contributed by atoms with van der Waals surface area (Å²) in [7, 11) is 0. The third kappa shape index (κ3) is 4.96. The quantitative estimate of drug-likeness (QED) is 0.266. The Hall–Kier alpha value is -4.51. The van der Waals surface area contributed by atoms with Crippen LogP contribution >= 0.6 is 0 Å². The number of nitrogens with one attached hydrogen (secondary N) is 1. The van der Waals surface area contributed by atoms with Crippen LogP contribution in [-0.4, -0.2) is 36.8 Å². The minimum absolute atomic E-state index is 0.0237. The summed E-state index contributed by atoms with van der Waals surface area (Å²) in [5, 5.41) is 17.1. The van der Waals surface area contributed by atoms with Gasteiger partial charge in [0.25, 0.3) is 5.91 Å². The number of amides is 1. The standard InChI is InChI=1S/C24H21N7O/c25-16-20(24(32)28-9-4-13-30-14-12-27-18-30)15-21-17-31(22-5-2-1-3-6-22)29-23(21)19-7-10-26-11-8-19/h1-3,5-8,10-12,14-15,17-18H,4,9,13H2,(H,28,32)/b20-15+. The van der Waals surface area contributed by atoms with E-state index in [1.165, 1.54) is 0 Å². The number of pyridine rings is 1. The van der Waals surface area contributed by atoms with E-state index in [1.807, 2.05) is 65.5 Å². The normalized spacial score (nSPS) is 11.2. The number of aromatic nitrogens is 5. The fourth-order valence-electron chi connectivity index (χ4n) is 3.22. The monoisotopic (exact) mass is 423 g/mol. The number of benzene rings is 1. The van der Waals surface area contributed by atoms with Crippen molar-refractivity contribution in [2.45, 2.75) is 13.0 Å². The van der Waals surface area contributed by atoms with Gasteiger partial charge >= 0.3 is 0 Å². The van der Waals surface area contributed by atoms with E-state index in [9.17, 15) is 10.1 Å². The molecule has 0 aliphatic rings. The summed E-state index contributed by atoms with van der Waals surface area (Å²) in [6.45, 7) is 1.19. The number of carbonyl (C=O) groups excluding carboxylic acids is 1. The molecule has 0 unspecified atom stereocenters. The maximum absolute atomic E-state index is 12.6. The maximum atomic E-state index is 12.6. The maximum Gasteiger partial charge on any atom is 0.261 e. The van der Waals surface area contributed by atoms with Crippen LogP contribution < -0.4 is 5.32 Å². The van der Waals surface area contributed by atoms with Crippen molar-refractivity contribution in [3.05, 3.63) is 90.9 Å². The first-order valence-electron chi connectivity index (χ1n) is 10.2. The zero-order chi connectivity index (χ0) is 22.2. The highest BCUT2D eigenvalue weighted by Gasteiger charge is 2.15. The highest BCUT2D eigenvalue weighted by atomic mass is 16.1.